The minimum atomic E-state index is -0.561. The number of urea groups is 1. The highest BCUT2D eigenvalue weighted by molar-refractivity contribution is 5.87. The van der Waals surface area contributed by atoms with Crippen LogP contribution in [0.2, 0.25) is 0 Å². The van der Waals surface area contributed by atoms with Crippen molar-refractivity contribution in [2.45, 2.75) is 39.8 Å². The molecule has 0 spiro atoms. The zero-order valence-electron chi connectivity index (χ0n) is 15.2. The fraction of sp³-hybridized carbons (Fsp3) is 0.400. The molecule has 2 aromatic carbocycles. The minimum Gasteiger partial charge on any atom is -0.351 e. The largest absolute Gasteiger partial charge is 0.351 e. The number of carbonyl (C=O) groups excluding carboxylic acids is 2. The molecule has 1 unspecified atom stereocenters. The third-order valence-electron chi connectivity index (χ3n) is 4.69. The summed E-state index contributed by atoms with van der Waals surface area (Å²) >= 11 is 0. The third-order valence-corrected chi connectivity index (χ3v) is 4.69. The molecule has 0 aliphatic heterocycles. The fourth-order valence-corrected chi connectivity index (χ4v) is 3.06. The molecule has 2 rings (SSSR count). The van der Waals surface area contributed by atoms with Crippen molar-refractivity contribution < 1.29 is 9.59 Å². The molecule has 0 heterocycles. The standard InChI is InChI=1S/C20H27N3O2/c1-4-14(3)18(23(5-2)20(21)25)19(24)22-13-15-10-11-16-8-6-7-9-17(16)12-15/h6-12,14,18H,4-5,13H2,1-3H3,(H2,21,25)(H,22,24)/t14?,18-/m0/s1. The second-order valence-electron chi connectivity index (χ2n) is 6.35. The van der Waals surface area contributed by atoms with Crippen molar-refractivity contribution in [3.63, 3.8) is 0 Å². The number of hydrogen-bond donors (Lipinski definition) is 2. The summed E-state index contributed by atoms with van der Waals surface area (Å²) < 4.78 is 0. The molecule has 0 aliphatic rings. The Balaban J connectivity index is 2.12. The Hall–Kier alpha value is -2.56. The van der Waals surface area contributed by atoms with Gasteiger partial charge in [-0.2, -0.15) is 0 Å². The number of hydrogen-bond acceptors (Lipinski definition) is 2. The van der Waals surface area contributed by atoms with Gasteiger partial charge in [-0.25, -0.2) is 4.79 Å². The molecular weight excluding hydrogens is 314 g/mol. The van der Waals surface area contributed by atoms with Crippen LogP contribution in [0.25, 0.3) is 10.8 Å². The van der Waals surface area contributed by atoms with Crippen molar-refractivity contribution in [2.24, 2.45) is 11.7 Å². The van der Waals surface area contributed by atoms with Crippen LogP contribution >= 0.6 is 0 Å². The van der Waals surface area contributed by atoms with Gasteiger partial charge in [0, 0.05) is 13.1 Å². The number of rotatable bonds is 7. The van der Waals surface area contributed by atoms with Crippen LogP contribution in [0.15, 0.2) is 42.5 Å². The molecule has 0 aliphatic carbocycles. The van der Waals surface area contributed by atoms with Gasteiger partial charge < -0.3 is 16.0 Å². The van der Waals surface area contributed by atoms with E-state index in [9.17, 15) is 9.59 Å². The number of nitrogens with two attached hydrogens (primary N) is 1. The molecule has 0 saturated heterocycles. The second kappa shape index (κ2) is 8.51. The molecular formula is C20H27N3O2. The van der Waals surface area contributed by atoms with Crippen LogP contribution in [-0.4, -0.2) is 29.4 Å². The number of amides is 3. The number of carbonyl (C=O) groups is 2. The average molecular weight is 341 g/mol. The number of fused-ring (bicyclic) bond motifs is 1. The maximum absolute atomic E-state index is 12.7. The first-order valence-corrected chi connectivity index (χ1v) is 8.79. The van der Waals surface area contributed by atoms with Crippen molar-refractivity contribution >= 4 is 22.7 Å². The summed E-state index contributed by atoms with van der Waals surface area (Å²) in [6, 6.07) is 13.1. The molecule has 0 radical (unpaired) electrons. The first-order valence-electron chi connectivity index (χ1n) is 8.79. The normalized spacial score (nSPS) is 13.2. The quantitative estimate of drug-likeness (QED) is 0.811. The van der Waals surface area contributed by atoms with Crippen molar-refractivity contribution in [2.75, 3.05) is 6.54 Å². The van der Waals surface area contributed by atoms with Crippen LogP contribution < -0.4 is 11.1 Å². The second-order valence-corrected chi connectivity index (χ2v) is 6.35. The van der Waals surface area contributed by atoms with E-state index in [-0.39, 0.29) is 11.8 Å². The van der Waals surface area contributed by atoms with Crippen LogP contribution in [-0.2, 0) is 11.3 Å². The highest BCUT2D eigenvalue weighted by Gasteiger charge is 2.31. The van der Waals surface area contributed by atoms with Gasteiger partial charge in [-0.05, 0) is 35.2 Å². The highest BCUT2D eigenvalue weighted by atomic mass is 16.2. The molecule has 5 nitrogen and oxygen atoms in total. The van der Waals surface area contributed by atoms with E-state index >= 15 is 0 Å². The van der Waals surface area contributed by atoms with Gasteiger partial charge in [-0.1, -0.05) is 56.7 Å². The first-order chi connectivity index (χ1) is 12.0. The topological polar surface area (TPSA) is 75.4 Å². The molecule has 2 atom stereocenters. The van der Waals surface area contributed by atoms with Crippen LogP contribution in [0.1, 0.15) is 32.8 Å². The maximum Gasteiger partial charge on any atom is 0.315 e. The molecule has 0 aromatic heterocycles. The number of likely N-dealkylation sites (N-methyl/N-ethyl adjacent to an activating group) is 1. The van der Waals surface area contributed by atoms with Gasteiger partial charge in [0.2, 0.25) is 5.91 Å². The molecule has 3 N–H and O–H groups in total. The number of nitrogens with zero attached hydrogens (tertiary/aromatic N) is 1. The summed E-state index contributed by atoms with van der Waals surface area (Å²) in [5.74, 6) is -0.132. The molecule has 0 fully saturated rings. The smallest absolute Gasteiger partial charge is 0.315 e. The van der Waals surface area contributed by atoms with Crippen molar-refractivity contribution in [1.29, 1.82) is 0 Å². The van der Waals surface area contributed by atoms with Gasteiger partial charge in [0.1, 0.15) is 6.04 Å². The first kappa shape index (κ1) is 18.8. The van der Waals surface area contributed by atoms with E-state index in [1.807, 2.05) is 45.0 Å². The van der Waals surface area contributed by atoms with Gasteiger partial charge in [0.15, 0.2) is 0 Å². The predicted molar refractivity (Wildman–Crippen MR) is 101 cm³/mol. The molecule has 0 bridgehead atoms. The van der Waals surface area contributed by atoms with Crippen LogP contribution in [0, 0.1) is 5.92 Å². The van der Waals surface area contributed by atoms with E-state index < -0.39 is 12.1 Å². The van der Waals surface area contributed by atoms with E-state index in [0.717, 1.165) is 17.4 Å². The Morgan fingerprint density at radius 3 is 2.40 bits per heavy atom. The minimum absolute atomic E-state index is 0.0315. The lowest BCUT2D eigenvalue weighted by Crippen LogP contribution is -2.54. The van der Waals surface area contributed by atoms with E-state index in [0.29, 0.717) is 13.1 Å². The van der Waals surface area contributed by atoms with Gasteiger partial charge in [-0.15, -0.1) is 0 Å². The zero-order valence-corrected chi connectivity index (χ0v) is 15.2. The summed E-state index contributed by atoms with van der Waals surface area (Å²) in [5.41, 5.74) is 6.48. The predicted octanol–water partition coefficient (Wildman–Crippen LogP) is 3.27. The van der Waals surface area contributed by atoms with E-state index in [1.54, 1.807) is 0 Å². The van der Waals surface area contributed by atoms with Gasteiger partial charge in [-0.3, -0.25) is 4.79 Å². The zero-order chi connectivity index (χ0) is 18.4. The number of nitrogens with one attached hydrogen (secondary N) is 1. The summed E-state index contributed by atoms with van der Waals surface area (Å²) in [7, 11) is 0. The van der Waals surface area contributed by atoms with Crippen LogP contribution in [0.5, 0.6) is 0 Å². The Kier molecular flexibility index (Phi) is 6.39. The Bertz CT molecular complexity index is 745. The highest BCUT2D eigenvalue weighted by Crippen LogP contribution is 2.17. The molecule has 5 heteroatoms. The summed E-state index contributed by atoms with van der Waals surface area (Å²) in [5, 5.41) is 5.27. The summed E-state index contributed by atoms with van der Waals surface area (Å²) in [4.78, 5) is 25.8. The monoisotopic (exact) mass is 341 g/mol. The number of benzene rings is 2. The van der Waals surface area contributed by atoms with Gasteiger partial charge >= 0.3 is 6.03 Å². The van der Waals surface area contributed by atoms with Crippen molar-refractivity contribution in [1.82, 2.24) is 10.2 Å². The lowest BCUT2D eigenvalue weighted by molar-refractivity contribution is -0.127. The van der Waals surface area contributed by atoms with E-state index in [2.05, 4.69) is 23.5 Å². The Morgan fingerprint density at radius 1 is 1.12 bits per heavy atom. The third kappa shape index (κ3) is 4.50. The lowest BCUT2D eigenvalue weighted by Gasteiger charge is -2.32. The van der Waals surface area contributed by atoms with Crippen molar-refractivity contribution in [3.8, 4) is 0 Å². The molecule has 25 heavy (non-hydrogen) atoms. The van der Waals surface area contributed by atoms with Gasteiger partial charge in [0.25, 0.3) is 0 Å². The van der Waals surface area contributed by atoms with Crippen LogP contribution in [0.4, 0.5) is 4.79 Å². The molecule has 3 amide bonds. The SMILES string of the molecule is CCC(C)[C@@H](C(=O)NCc1ccc2ccccc2c1)N(CC)C(N)=O. The maximum atomic E-state index is 12.7. The van der Waals surface area contributed by atoms with Crippen LogP contribution in [0.3, 0.4) is 0 Å². The molecule has 134 valence electrons. The van der Waals surface area contributed by atoms with E-state index in [4.69, 9.17) is 5.73 Å². The summed E-state index contributed by atoms with van der Waals surface area (Å²) in [6.45, 7) is 6.63. The van der Waals surface area contributed by atoms with Crippen molar-refractivity contribution in [3.05, 3.63) is 48.0 Å². The van der Waals surface area contributed by atoms with Gasteiger partial charge in [0.05, 0.1) is 0 Å². The van der Waals surface area contributed by atoms with E-state index in [1.165, 1.54) is 10.3 Å². The molecule has 0 saturated carbocycles. The Labute approximate surface area is 149 Å². The fourth-order valence-electron chi connectivity index (χ4n) is 3.06. The number of primary amides is 1. The lowest BCUT2D eigenvalue weighted by atomic mass is 9.96. The average Bonchev–Trinajstić information content (AvgIpc) is 2.62. The Morgan fingerprint density at radius 2 is 1.80 bits per heavy atom. The molecule has 2 aromatic rings. The summed E-state index contributed by atoms with van der Waals surface area (Å²) in [6.07, 6.45) is 0.790.